The monoisotopic (exact) mass is 285 g/mol. The predicted octanol–water partition coefficient (Wildman–Crippen LogP) is 2.22. The van der Waals surface area contributed by atoms with Gasteiger partial charge in [-0.05, 0) is 13.0 Å². The molecule has 2 heterocycles. The molecule has 4 unspecified atom stereocenters. The van der Waals surface area contributed by atoms with E-state index in [9.17, 15) is 0 Å². The Balaban J connectivity index is 1.96. The molecule has 5 heteroatoms. The van der Waals surface area contributed by atoms with Crippen LogP contribution < -0.4 is 5.73 Å². The van der Waals surface area contributed by atoms with Gasteiger partial charge in [0.2, 0.25) is 0 Å². The molecule has 102 valence electrons. The van der Waals surface area contributed by atoms with Crippen LogP contribution in [0, 0.1) is 6.92 Å². The molecular formula is C13H23N3S2. The summed E-state index contributed by atoms with van der Waals surface area (Å²) in [6.07, 6.45) is 0.927. The van der Waals surface area contributed by atoms with Crippen LogP contribution in [-0.2, 0) is 13.5 Å². The number of hydrogen-bond acceptors (Lipinski definition) is 4. The first-order valence-electron chi connectivity index (χ1n) is 6.49. The van der Waals surface area contributed by atoms with E-state index >= 15 is 0 Å². The molecule has 0 saturated carbocycles. The van der Waals surface area contributed by atoms with Gasteiger partial charge in [0.15, 0.2) is 0 Å². The van der Waals surface area contributed by atoms with Gasteiger partial charge in [-0.2, -0.15) is 28.6 Å². The lowest BCUT2D eigenvalue weighted by Gasteiger charge is -2.34. The topological polar surface area (TPSA) is 43.8 Å². The third-order valence-corrected chi connectivity index (χ3v) is 7.17. The van der Waals surface area contributed by atoms with Crippen molar-refractivity contribution in [1.82, 2.24) is 9.78 Å². The van der Waals surface area contributed by atoms with E-state index in [0.29, 0.717) is 10.5 Å². The Labute approximate surface area is 118 Å². The van der Waals surface area contributed by atoms with Crippen LogP contribution >= 0.6 is 23.5 Å². The normalized spacial score (nSPS) is 30.4. The summed E-state index contributed by atoms with van der Waals surface area (Å²) >= 11 is 4.12. The fraction of sp³-hybridized carbons (Fsp3) is 0.769. The maximum Gasteiger partial charge on any atom is 0.0596 e. The molecule has 1 saturated heterocycles. The van der Waals surface area contributed by atoms with Crippen molar-refractivity contribution < 1.29 is 0 Å². The van der Waals surface area contributed by atoms with E-state index in [-0.39, 0.29) is 6.04 Å². The molecule has 0 aromatic carbocycles. The van der Waals surface area contributed by atoms with Crippen LogP contribution in [0.25, 0.3) is 0 Å². The molecule has 1 aliphatic rings. The third-order valence-electron chi connectivity index (χ3n) is 3.60. The van der Waals surface area contributed by atoms with Gasteiger partial charge in [0.1, 0.15) is 0 Å². The summed E-state index contributed by atoms with van der Waals surface area (Å²) in [5.74, 6) is 1.17. The van der Waals surface area contributed by atoms with E-state index in [4.69, 9.17) is 5.73 Å². The number of nitrogens with two attached hydrogens (primary N) is 1. The summed E-state index contributed by atoms with van der Waals surface area (Å²) in [4.78, 5) is 0. The quantitative estimate of drug-likeness (QED) is 0.925. The van der Waals surface area contributed by atoms with Crippen LogP contribution in [0.5, 0.6) is 0 Å². The van der Waals surface area contributed by atoms with Crippen molar-refractivity contribution in [3.63, 3.8) is 0 Å². The van der Waals surface area contributed by atoms with Gasteiger partial charge in [-0.25, -0.2) is 0 Å². The van der Waals surface area contributed by atoms with Crippen molar-refractivity contribution in [2.75, 3.05) is 5.75 Å². The molecule has 2 rings (SSSR count). The fourth-order valence-corrected chi connectivity index (χ4v) is 5.32. The van der Waals surface area contributed by atoms with Crippen LogP contribution in [0.3, 0.4) is 0 Å². The number of hydrogen-bond donors (Lipinski definition) is 1. The molecule has 1 aliphatic heterocycles. The lowest BCUT2D eigenvalue weighted by molar-refractivity contribution is 0.609. The molecular weight excluding hydrogens is 262 g/mol. The highest BCUT2D eigenvalue weighted by Gasteiger charge is 2.29. The number of aromatic nitrogens is 2. The molecule has 1 aromatic heterocycles. The van der Waals surface area contributed by atoms with Crippen molar-refractivity contribution in [1.29, 1.82) is 0 Å². The second-order valence-electron chi connectivity index (χ2n) is 5.19. The van der Waals surface area contributed by atoms with Crippen molar-refractivity contribution in [2.24, 2.45) is 12.8 Å². The zero-order valence-corrected chi connectivity index (χ0v) is 13.2. The van der Waals surface area contributed by atoms with Gasteiger partial charge in [0, 0.05) is 46.7 Å². The van der Waals surface area contributed by atoms with Gasteiger partial charge in [0.25, 0.3) is 0 Å². The molecule has 1 fully saturated rings. The van der Waals surface area contributed by atoms with Crippen molar-refractivity contribution >= 4 is 23.5 Å². The van der Waals surface area contributed by atoms with Crippen LogP contribution in [-0.4, -0.2) is 37.3 Å². The molecule has 4 atom stereocenters. The molecule has 2 N–H and O–H groups in total. The molecule has 0 amide bonds. The Kier molecular flexibility index (Phi) is 4.67. The minimum Gasteiger partial charge on any atom is -0.326 e. The Morgan fingerprint density at radius 1 is 1.50 bits per heavy atom. The second kappa shape index (κ2) is 5.88. The first-order valence-corrected chi connectivity index (χ1v) is 8.48. The van der Waals surface area contributed by atoms with Crippen LogP contribution in [0.15, 0.2) is 6.07 Å². The van der Waals surface area contributed by atoms with Gasteiger partial charge in [-0.15, -0.1) is 0 Å². The lowest BCUT2D eigenvalue weighted by atomic mass is 10.1. The van der Waals surface area contributed by atoms with Gasteiger partial charge in [-0.3, -0.25) is 4.68 Å². The molecule has 1 aromatic rings. The third kappa shape index (κ3) is 3.25. The van der Waals surface area contributed by atoms with E-state index in [1.165, 1.54) is 11.4 Å². The zero-order valence-electron chi connectivity index (χ0n) is 11.6. The Morgan fingerprint density at radius 2 is 2.22 bits per heavy atom. The fourth-order valence-electron chi connectivity index (χ4n) is 2.26. The van der Waals surface area contributed by atoms with E-state index in [2.05, 4.69) is 48.5 Å². The first-order chi connectivity index (χ1) is 8.47. The van der Waals surface area contributed by atoms with Gasteiger partial charge in [0.05, 0.1) is 5.69 Å². The van der Waals surface area contributed by atoms with Crippen LogP contribution in [0.1, 0.15) is 25.2 Å². The minimum absolute atomic E-state index is 0.229. The van der Waals surface area contributed by atoms with Crippen LogP contribution in [0.4, 0.5) is 0 Å². The van der Waals surface area contributed by atoms with Gasteiger partial charge >= 0.3 is 0 Å². The average Bonchev–Trinajstić information content (AvgIpc) is 2.61. The minimum atomic E-state index is 0.229. The highest BCUT2D eigenvalue weighted by Crippen LogP contribution is 2.37. The largest absolute Gasteiger partial charge is 0.326 e. The molecule has 0 bridgehead atoms. The Morgan fingerprint density at radius 3 is 2.78 bits per heavy atom. The second-order valence-corrected chi connectivity index (χ2v) is 8.22. The first kappa shape index (κ1) is 14.3. The van der Waals surface area contributed by atoms with Crippen molar-refractivity contribution in [3.8, 4) is 0 Å². The van der Waals surface area contributed by atoms with E-state index in [1.54, 1.807) is 0 Å². The maximum atomic E-state index is 6.39. The maximum absolute atomic E-state index is 6.39. The van der Waals surface area contributed by atoms with Crippen LogP contribution in [0.2, 0.25) is 0 Å². The summed E-state index contributed by atoms with van der Waals surface area (Å²) in [6.45, 7) is 6.66. The average molecular weight is 285 g/mol. The van der Waals surface area contributed by atoms with Crippen molar-refractivity contribution in [2.45, 2.75) is 49.0 Å². The Hall–Kier alpha value is -0.130. The number of nitrogens with zero attached hydrogens (tertiary/aromatic N) is 2. The van der Waals surface area contributed by atoms with E-state index < -0.39 is 0 Å². The summed E-state index contributed by atoms with van der Waals surface area (Å²) < 4.78 is 1.96. The number of aryl methyl sites for hydroxylation is 2. The lowest BCUT2D eigenvalue weighted by Crippen LogP contribution is -2.41. The summed E-state index contributed by atoms with van der Waals surface area (Å²) in [7, 11) is 2.00. The van der Waals surface area contributed by atoms with Gasteiger partial charge < -0.3 is 5.73 Å². The smallest absolute Gasteiger partial charge is 0.0596 e. The molecule has 0 radical (unpaired) electrons. The highest BCUT2D eigenvalue weighted by atomic mass is 32.2. The SMILES string of the molecule is Cc1cc(CC(N)C2CSC(C)C(C)S2)n(C)n1. The molecule has 0 aliphatic carbocycles. The zero-order chi connectivity index (χ0) is 13.3. The van der Waals surface area contributed by atoms with E-state index in [0.717, 1.165) is 17.4 Å². The summed E-state index contributed by atoms with van der Waals surface area (Å²) in [5.41, 5.74) is 8.71. The summed E-state index contributed by atoms with van der Waals surface area (Å²) in [5, 5.41) is 6.40. The standard InChI is InChI=1S/C13H23N3S2/c1-8-5-11(16(4)15-8)6-12(14)13-7-17-9(2)10(3)18-13/h5,9-10,12-13H,6-7,14H2,1-4H3. The van der Waals surface area contributed by atoms with E-state index in [1.807, 2.05) is 18.7 Å². The Bertz CT molecular complexity index is 405. The summed E-state index contributed by atoms with van der Waals surface area (Å²) in [6, 6.07) is 2.37. The molecule has 0 spiro atoms. The molecule has 18 heavy (non-hydrogen) atoms. The predicted molar refractivity (Wildman–Crippen MR) is 82.4 cm³/mol. The number of thioether (sulfide) groups is 2. The van der Waals surface area contributed by atoms with Gasteiger partial charge in [-0.1, -0.05) is 13.8 Å². The highest BCUT2D eigenvalue weighted by molar-refractivity contribution is 8.07. The molecule has 3 nitrogen and oxygen atoms in total. The van der Waals surface area contributed by atoms with Crippen molar-refractivity contribution in [3.05, 3.63) is 17.5 Å². The number of rotatable bonds is 3.